The van der Waals surface area contributed by atoms with Gasteiger partial charge in [0.05, 0.1) is 18.8 Å². The Morgan fingerprint density at radius 2 is 2.27 bits per heavy atom. The minimum absolute atomic E-state index is 0.0225. The molecule has 1 fully saturated rings. The van der Waals surface area contributed by atoms with E-state index in [0.29, 0.717) is 4.88 Å². The highest BCUT2D eigenvalue weighted by molar-refractivity contribution is 7.13. The molecule has 2 aromatic rings. The van der Waals surface area contributed by atoms with Crippen molar-refractivity contribution < 1.29 is 14.6 Å². The second-order valence-corrected chi connectivity index (χ2v) is 6.25. The molecule has 2 heterocycles. The summed E-state index contributed by atoms with van der Waals surface area (Å²) in [6.45, 7) is 0.611. The zero-order valence-electron chi connectivity index (χ0n) is 12.1. The van der Waals surface area contributed by atoms with E-state index in [1.807, 2.05) is 30.3 Å². The maximum absolute atomic E-state index is 12.3. The van der Waals surface area contributed by atoms with Crippen LogP contribution in [-0.4, -0.2) is 29.2 Å². The van der Waals surface area contributed by atoms with Gasteiger partial charge in [-0.05, 0) is 18.4 Å². The van der Waals surface area contributed by atoms with Gasteiger partial charge in [0.2, 0.25) is 0 Å². The molecule has 1 saturated heterocycles. The molecule has 2 atom stereocenters. The van der Waals surface area contributed by atoms with E-state index in [0.717, 1.165) is 30.0 Å². The van der Waals surface area contributed by atoms with E-state index in [1.54, 1.807) is 6.20 Å². The lowest BCUT2D eigenvalue weighted by atomic mass is 10.1. The zero-order valence-corrected chi connectivity index (χ0v) is 12.9. The van der Waals surface area contributed by atoms with Crippen molar-refractivity contribution in [2.45, 2.75) is 25.0 Å². The molecule has 1 aromatic heterocycles. The largest absolute Gasteiger partial charge is 0.394 e. The summed E-state index contributed by atoms with van der Waals surface area (Å²) in [7, 11) is 0. The number of ether oxygens (including phenoxy) is 1. The fourth-order valence-corrected chi connectivity index (χ4v) is 3.37. The summed E-state index contributed by atoms with van der Waals surface area (Å²) >= 11 is 1.36. The number of benzene rings is 1. The number of carbonyl (C=O) groups is 1. The first-order chi connectivity index (χ1) is 10.8. The molecular formula is C16H18N2O3S. The third-order valence-electron chi connectivity index (χ3n) is 3.64. The van der Waals surface area contributed by atoms with Gasteiger partial charge in [-0.3, -0.25) is 4.79 Å². The van der Waals surface area contributed by atoms with Crippen LogP contribution in [-0.2, 0) is 4.74 Å². The second-order valence-electron chi connectivity index (χ2n) is 5.18. The van der Waals surface area contributed by atoms with Gasteiger partial charge in [-0.1, -0.05) is 30.3 Å². The molecule has 1 aromatic carbocycles. The average molecular weight is 318 g/mol. The predicted molar refractivity (Wildman–Crippen MR) is 83.8 cm³/mol. The third-order valence-corrected chi connectivity index (χ3v) is 4.73. The summed E-state index contributed by atoms with van der Waals surface area (Å²) in [6, 6.07) is 9.01. The molecule has 0 saturated carbocycles. The first-order valence-electron chi connectivity index (χ1n) is 7.32. The van der Waals surface area contributed by atoms with Gasteiger partial charge in [0, 0.05) is 6.61 Å². The van der Waals surface area contributed by atoms with E-state index >= 15 is 0 Å². The van der Waals surface area contributed by atoms with Crippen molar-refractivity contribution in [2.24, 2.45) is 0 Å². The van der Waals surface area contributed by atoms with E-state index in [1.165, 1.54) is 11.3 Å². The number of hydrogen-bond donors (Lipinski definition) is 2. The Hall–Kier alpha value is -1.76. The van der Waals surface area contributed by atoms with Crippen molar-refractivity contribution in [3.05, 3.63) is 52.0 Å². The van der Waals surface area contributed by atoms with Crippen molar-refractivity contribution >= 4 is 17.2 Å². The van der Waals surface area contributed by atoms with Crippen LogP contribution in [0.2, 0.25) is 0 Å². The van der Waals surface area contributed by atoms with Crippen molar-refractivity contribution in [1.82, 2.24) is 10.3 Å². The van der Waals surface area contributed by atoms with E-state index in [2.05, 4.69) is 10.3 Å². The average Bonchev–Trinajstić information content (AvgIpc) is 3.23. The van der Waals surface area contributed by atoms with E-state index in [9.17, 15) is 9.90 Å². The lowest BCUT2D eigenvalue weighted by Gasteiger charge is -2.15. The van der Waals surface area contributed by atoms with Gasteiger partial charge in [0.25, 0.3) is 5.91 Å². The van der Waals surface area contributed by atoms with Crippen LogP contribution in [0.1, 0.15) is 45.2 Å². The van der Waals surface area contributed by atoms with Gasteiger partial charge < -0.3 is 15.2 Å². The molecule has 1 aliphatic rings. The number of thiazole rings is 1. The Morgan fingerprint density at radius 1 is 1.45 bits per heavy atom. The van der Waals surface area contributed by atoms with Crippen molar-refractivity contribution in [1.29, 1.82) is 0 Å². The molecule has 0 radical (unpaired) electrons. The van der Waals surface area contributed by atoms with E-state index < -0.39 is 6.04 Å². The number of nitrogens with one attached hydrogen (secondary N) is 1. The normalized spacial score (nSPS) is 19.0. The lowest BCUT2D eigenvalue weighted by Crippen LogP contribution is -2.30. The molecule has 0 spiro atoms. The van der Waals surface area contributed by atoms with E-state index in [4.69, 9.17) is 4.74 Å². The fourth-order valence-electron chi connectivity index (χ4n) is 2.46. The fraction of sp³-hybridized carbons (Fsp3) is 0.375. The monoisotopic (exact) mass is 318 g/mol. The summed E-state index contributed by atoms with van der Waals surface area (Å²) in [5.74, 6) is -0.218. The standard InChI is InChI=1S/C16H18N2O3S/c19-10-12(11-5-2-1-3-6-11)18-15(20)14-9-17-16(22-14)13-7-4-8-21-13/h1-3,5-6,9,12-13,19H,4,7-8,10H2,(H,18,20)/t12-,13+/m1/s1. The molecule has 1 aliphatic heterocycles. The minimum atomic E-state index is -0.415. The highest BCUT2D eigenvalue weighted by Gasteiger charge is 2.23. The van der Waals surface area contributed by atoms with Gasteiger partial charge in [-0.15, -0.1) is 11.3 Å². The third kappa shape index (κ3) is 3.35. The Bertz CT molecular complexity index is 623. The molecule has 0 aliphatic carbocycles. The Kier molecular flexibility index (Phi) is 4.82. The number of rotatable bonds is 5. The summed E-state index contributed by atoms with van der Waals surface area (Å²) < 4.78 is 5.58. The SMILES string of the molecule is O=C(N[C@H](CO)c1ccccc1)c1cnc([C@@H]2CCCO2)s1. The minimum Gasteiger partial charge on any atom is -0.394 e. The topological polar surface area (TPSA) is 71.5 Å². The molecule has 0 unspecified atom stereocenters. The lowest BCUT2D eigenvalue weighted by molar-refractivity contribution is 0.0920. The second kappa shape index (κ2) is 7.00. The van der Waals surface area contributed by atoms with Crippen LogP contribution >= 0.6 is 11.3 Å². The molecule has 116 valence electrons. The Morgan fingerprint density at radius 3 is 2.95 bits per heavy atom. The van der Waals surface area contributed by atoms with Crippen molar-refractivity contribution in [3.8, 4) is 0 Å². The van der Waals surface area contributed by atoms with Crippen molar-refractivity contribution in [2.75, 3.05) is 13.2 Å². The number of nitrogens with zero attached hydrogens (tertiary/aromatic N) is 1. The first kappa shape index (κ1) is 15.1. The number of carbonyl (C=O) groups excluding carboxylic acids is 1. The highest BCUT2D eigenvalue weighted by Crippen LogP contribution is 2.31. The number of aliphatic hydroxyl groups is 1. The predicted octanol–water partition coefficient (Wildman–Crippen LogP) is 2.46. The van der Waals surface area contributed by atoms with Crippen molar-refractivity contribution in [3.63, 3.8) is 0 Å². The Labute approximate surface area is 133 Å². The van der Waals surface area contributed by atoms with Crippen LogP contribution in [0.3, 0.4) is 0 Å². The van der Waals surface area contributed by atoms with Gasteiger partial charge in [-0.25, -0.2) is 4.98 Å². The highest BCUT2D eigenvalue weighted by atomic mass is 32.1. The maximum atomic E-state index is 12.3. The molecule has 5 nitrogen and oxygen atoms in total. The van der Waals surface area contributed by atoms with Crippen LogP contribution in [0.25, 0.3) is 0 Å². The van der Waals surface area contributed by atoms with Crippen LogP contribution < -0.4 is 5.32 Å². The van der Waals surface area contributed by atoms with E-state index in [-0.39, 0.29) is 18.6 Å². The van der Waals surface area contributed by atoms with Crippen LogP contribution in [0.5, 0.6) is 0 Å². The quantitative estimate of drug-likeness (QED) is 0.888. The van der Waals surface area contributed by atoms with Gasteiger partial charge in [0.15, 0.2) is 0 Å². The van der Waals surface area contributed by atoms with Gasteiger partial charge in [0.1, 0.15) is 16.0 Å². The molecule has 3 rings (SSSR count). The molecule has 1 amide bonds. The van der Waals surface area contributed by atoms with Crippen LogP contribution in [0, 0.1) is 0 Å². The van der Waals surface area contributed by atoms with Crippen LogP contribution in [0.4, 0.5) is 0 Å². The molecule has 6 heteroatoms. The van der Waals surface area contributed by atoms with Gasteiger partial charge >= 0.3 is 0 Å². The summed E-state index contributed by atoms with van der Waals surface area (Å²) in [6.07, 6.45) is 3.59. The number of amides is 1. The summed E-state index contributed by atoms with van der Waals surface area (Å²) in [4.78, 5) is 17.2. The molecular weight excluding hydrogens is 300 g/mol. The van der Waals surface area contributed by atoms with Crippen LogP contribution in [0.15, 0.2) is 36.5 Å². The zero-order chi connectivity index (χ0) is 15.4. The number of hydrogen-bond acceptors (Lipinski definition) is 5. The Balaban J connectivity index is 1.68. The number of aliphatic hydroxyl groups excluding tert-OH is 1. The molecule has 0 bridgehead atoms. The smallest absolute Gasteiger partial charge is 0.263 e. The maximum Gasteiger partial charge on any atom is 0.263 e. The first-order valence-corrected chi connectivity index (χ1v) is 8.13. The van der Waals surface area contributed by atoms with Gasteiger partial charge in [-0.2, -0.15) is 0 Å². The summed E-state index contributed by atoms with van der Waals surface area (Å²) in [5.41, 5.74) is 0.877. The number of aromatic nitrogens is 1. The molecule has 2 N–H and O–H groups in total. The molecule has 22 heavy (non-hydrogen) atoms. The summed E-state index contributed by atoms with van der Waals surface area (Å²) in [5, 5.41) is 13.2.